The Morgan fingerprint density at radius 1 is 1.10 bits per heavy atom. The summed E-state index contributed by atoms with van der Waals surface area (Å²) >= 11 is 0. The number of halogens is 1. The molecule has 1 amide bonds. The fourth-order valence-electron chi connectivity index (χ4n) is 2.10. The molecule has 0 aliphatic heterocycles. The molecule has 20 heavy (non-hydrogen) atoms. The summed E-state index contributed by atoms with van der Waals surface area (Å²) in [5.41, 5.74) is 3.73. The van der Waals surface area contributed by atoms with E-state index in [1.165, 1.54) is 12.1 Å². The lowest BCUT2D eigenvalue weighted by Gasteiger charge is -2.09. The van der Waals surface area contributed by atoms with Gasteiger partial charge in [-0.25, -0.2) is 4.39 Å². The largest absolute Gasteiger partial charge is 0.388 e. The lowest BCUT2D eigenvalue weighted by molar-refractivity contribution is 0.102. The first kappa shape index (κ1) is 14.1. The van der Waals surface area contributed by atoms with Crippen molar-refractivity contribution in [1.29, 1.82) is 0 Å². The maximum Gasteiger partial charge on any atom is 0.255 e. The van der Waals surface area contributed by atoms with Gasteiger partial charge in [-0.15, -0.1) is 0 Å². The molecule has 2 rings (SSSR count). The van der Waals surface area contributed by atoms with E-state index in [0.717, 1.165) is 16.8 Å². The van der Waals surface area contributed by atoms with E-state index in [1.54, 1.807) is 25.1 Å². The fraction of sp³-hybridized carbons (Fsp3) is 0.188. The maximum absolute atomic E-state index is 13.3. The Morgan fingerprint density at radius 2 is 1.85 bits per heavy atom. The number of nitrogens with one attached hydrogen (secondary N) is 2. The molecule has 0 aliphatic rings. The van der Waals surface area contributed by atoms with Gasteiger partial charge in [0.15, 0.2) is 0 Å². The summed E-state index contributed by atoms with van der Waals surface area (Å²) in [4.78, 5) is 12.1. The van der Waals surface area contributed by atoms with E-state index in [4.69, 9.17) is 0 Å². The van der Waals surface area contributed by atoms with Crippen molar-refractivity contribution in [2.45, 2.75) is 13.8 Å². The second kappa shape index (κ2) is 5.74. The number of anilines is 2. The number of benzene rings is 2. The summed E-state index contributed by atoms with van der Waals surface area (Å²) in [6, 6.07) is 9.84. The molecule has 0 bridgehead atoms. The minimum absolute atomic E-state index is 0.249. The Bertz CT molecular complexity index is 633. The Morgan fingerprint density at radius 3 is 2.45 bits per heavy atom. The summed E-state index contributed by atoms with van der Waals surface area (Å²) in [7, 11) is 1.83. The maximum atomic E-state index is 13.3. The second-order valence-electron chi connectivity index (χ2n) is 4.75. The Hall–Kier alpha value is -2.36. The smallest absolute Gasteiger partial charge is 0.255 e. The third-order valence-corrected chi connectivity index (χ3v) is 3.06. The van der Waals surface area contributed by atoms with Crippen LogP contribution in [0.4, 0.5) is 15.8 Å². The van der Waals surface area contributed by atoms with Gasteiger partial charge in [-0.1, -0.05) is 0 Å². The standard InChI is InChI=1S/C16H17FN2O/c1-10-6-13(17)9-14(7-10)19-16(20)12-4-5-15(18-3)11(2)8-12/h4-9,18H,1-3H3,(H,19,20). The average molecular weight is 272 g/mol. The minimum atomic E-state index is -0.359. The van der Waals surface area contributed by atoms with E-state index in [0.29, 0.717) is 11.3 Å². The van der Waals surface area contributed by atoms with E-state index in [1.807, 2.05) is 20.0 Å². The quantitative estimate of drug-likeness (QED) is 0.893. The Labute approximate surface area is 117 Å². The molecule has 3 nitrogen and oxygen atoms in total. The summed E-state index contributed by atoms with van der Waals surface area (Å²) < 4.78 is 13.3. The molecular formula is C16H17FN2O. The Kier molecular flexibility index (Phi) is 4.03. The summed E-state index contributed by atoms with van der Waals surface area (Å²) in [6.45, 7) is 3.71. The summed E-state index contributed by atoms with van der Waals surface area (Å²) in [5, 5.41) is 5.75. The van der Waals surface area contributed by atoms with Gasteiger partial charge in [0.2, 0.25) is 0 Å². The molecule has 4 heteroatoms. The molecule has 2 aromatic carbocycles. The van der Waals surface area contributed by atoms with Crippen LogP contribution < -0.4 is 10.6 Å². The van der Waals surface area contributed by atoms with Crippen molar-refractivity contribution in [1.82, 2.24) is 0 Å². The van der Waals surface area contributed by atoms with Gasteiger partial charge in [0.25, 0.3) is 5.91 Å². The van der Waals surface area contributed by atoms with Gasteiger partial charge in [-0.3, -0.25) is 4.79 Å². The van der Waals surface area contributed by atoms with Crippen LogP contribution in [0.1, 0.15) is 21.5 Å². The van der Waals surface area contributed by atoms with Crippen molar-refractivity contribution >= 4 is 17.3 Å². The third kappa shape index (κ3) is 3.15. The van der Waals surface area contributed by atoms with Gasteiger partial charge < -0.3 is 10.6 Å². The first-order chi connectivity index (χ1) is 9.49. The highest BCUT2D eigenvalue weighted by atomic mass is 19.1. The second-order valence-corrected chi connectivity index (χ2v) is 4.75. The SMILES string of the molecule is CNc1ccc(C(=O)Nc2cc(C)cc(F)c2)cc1C. The molecule has 0 aromatic heterocycles. The van der Waals surface area contributed by atoms with E-state index in [-0.39, 0.29) is 11.7 Å². The normalized spacial score (nSPS) is 10.2. The number of hydrogen-bond acceptors (Lipinski definition) is 2. The van der Waals surface area contributed by atoms with Crippen LogP contribution in [-0.4, -0.2) is 13.0 Å². The summed E-state index contributed by atoms with van der Waals surface area (Å²) in [5.74, 6) is -0.609. The van der Waals surface area contributed by atoms with Crippen molar-refractivity contribution in [2.75, 3.05) is 17.7 Å². The lowest BCUT2D eigenvalue weighted by Crippen LogP contribution is -2.12. The van der Waals surface area contributed by atoms with Gasteiger partial charge in [0.1, 0.15) is 5.82 Å². The van der Waals surface area contributed by atoms with Crippen LogP contribution in [-0.2, 0) is 0 Å². The minimum Gasteiger partial charge on any atom is -0.388 e. The molecule has 0 saturated carbocycles. The van der Waals surface area contributed by atoms with E-state index >= 15 is 0 Å². The zero-order chi connectivity index (χ0) is 14.7. The molecule has 0 spiro atoms. The first-order valence-corrected chi connectivity index (χ1v) is 6.36. The molecule has 0 atom stereocenters. The number of hydrogen-bond donors (Lipinski definition) is 2. The average Bonchev–Trinajstić information content (AvgIpc) is 2.37. The predicted molar refractivity (Wildman–Crippen MR) is 79.8 cm³/mol. The summed E-state index contributed by atoms with van der Waals surface area (Å²) in [6.07, 6.45) is 0. The number of aryl methyl sites for hydroxylation is 2. The number of carbonyl (C=O) groups is 1. The van der Waals surface area contributed by atoms with E-state index in [2.05, 4.69) is 10.6 Å². The van der Waals surface area contributed by atoms with Crippen LogP contribution in [0, 0.1) is 19.7 Å². The van der Waals surface area contributed by atoms with Gasteiger partial charge in [-0.2, -0.15) is 0 Å². The van der Waals surface area contributed by atoms with Crippen molar-refractivity contribution in [3.8, 4) is 0 Å². The van der Waals surface area contributed by atoms with E-state index < -0.39 is 0 Å². The van der Waals surface area contributed by atoms with Gasteiger partial charge in [0, 0.05) is 24.0 Å². The monoisotopic (exact) mass is 272 g/mol. The highest BCUT2D eigenvalue weighted by Gasteiger charge is 2.08. The fourth-order valence-corrected chi connectivity index (χ4v) is 2.10. The zero-order valence-corrected chi connectivity index (χ0v) is 11.8. The predicted octanol–water partition coefficient (Wildman–Crippen LogP) is 3.74. The van der Waals surface area contributed by atoms with Crippen LogP contribution in [0.3, 0.4) is 0 Å². The molecule has 0 fully saturated rings. The van der Waals surface area contributed by atoms with Crippen LogP contribution in [0.15, 0.2) is 36.4 Å². The Balaban J connectivity index is 2.21. The number of carbonyl (C=O) groups excluding carboxylic acids is 1. The van der Waals surface area contributed by atoms with Crippen molar-refractivity contribution < 1.29 is 9.18 Å². The van der Waals surface area contributed by atoms with Crippen LogP contribution in [0.25, 0.3) is 0 Å². The van der Waals surface area contributed by atoms with Crippen molar-refractivity contribution in [3.63, 3.8) is 0 Å². The molecule has 2 N–H and O–H groups in total. The molecule has 0 aliphatic carbocycles. The van der Waals surface area contributed by atoms with Gasteiger partial charge in [0.05, 0.1) is 0 Å². The van der Waals surface area contributed by atoms with Crippen LogP contribution in [0.2, 0.25) is 0 Å². The molecule has 0 radical (unpaired) electrons. The first-order valence-electron chi connectivity index (χ1n) is 6.36. The topological polar surface area (TPSA) is 41.1 Å². The van der Waals surface area contributed by atoms with E-state index in [9.17, 15) is 9.18 Å². The molecule has 104 valence electrons. The molecule has 0 unspecified atom stereocenters. The third-order valence-electron chi connectivity index (χ3n) is 3.06. The highest BCUT2D eigenvalue weighted by molar-refractivity contribution is 6.04. The van der Waals surface area contributed by atoms with Crippen LogP contribution in [0.5, 0.6) is 0 Å². The molecular weight excluding hydrogens is 255 g/mol. The van der Waals surface area contributed by atoms with Crippen molar-refractivity contribution in [3.05, 3.63) is 58.9 Å². The van der Waals surface area contributed by atoms with Gasteiger partial charge in [-0.05, 0) is 61.4 Å². The number of amides is 1. The lowest BCUT2D eigenvalue weighted by atomic mass is 10.1. The molecule has 0 heterocycles. The molecule has 2 aromatic rings. The highest BCUT2D eigenvalue weighted by Crippen LogP contribution is 2.18. The van der Waals surface area contributed by atoms with Crippen LogP contribution >= 0.6 is 0 Å². The van der Waals surface area contributed by atoms with Crippen molar-refractivity contribution in [2.24, 2.45) is 0 Å². The zero-order valence-electron chi connectivity index (χ0n) is 11.8. The molecule has 0 saturated heterocycles. The van der Waals surface area contributed by atoms with Gasteiger partial charge >= 0.3 is 0 Å². The number of rotatable bonds is 3.